The van der Waals surface area contributed by atoms with Crippen LogP contribution in [0.4, 0.5) is 17.1 Å². The zero-order valence-corrected chi connectivity index (χ0v) is 11.5. The van der Waals surface area contributed by atoms with E-state index in [1.807, 2.05) is 10.8 Å². The predicted molar refractivity (Wildman–Crippen MR) is 80.9 cm³/mol. The van der Waals surface area contributed by atoms with Crippen LogP contribution in [0, 0.1) is 10.1 Å². The van der Waals surface area contributed by atoms with Crippen LogP contribution in [0.3, 0.4) is 0 Å². The number of benzene rings is 1. The van der Waals surface area contributed by atoms with Crippen LogP contribution in [0.2, 0.25) is 0 Å². The number of nitrogens with one attached hydrogen (secondary N) is 2. The number of aromatic nitrogens is 2. The minimum atomic E-state index is -0.441. The van der Waals surface area contributed by atoms with Crippen LogP contribution in [-0.2, 0) is 6.54 Å². The monoisotopic (exact) mass is 290 g/mol. The highest BCUT2D eigenvalue weighted by molar-refractivity contribution is 5.75. The van der Waals surface area contributed by atoms with Gasteiger partial charge in [0.1, 0.15) is 11.4 Å². The summed E-state index contributed by atoms with van der Waals surface area (Å²) in [4.78, 5) is 14.6. The van der Waals surface area contributed by atoms with Gasteiger partial charge in [-0.05, 0) is 25.0 Å². The summed E-state index contributed by atoms with van der Waals surface area (Å²) in [5, 5.41) is 14.2. The van der Waals surface area contributed by atoms with E-state index in [9.17, 15) is 10.1 Å². The van der Waals surface area contributed by atoms with E-state index < -0.39 is 4.92 Å². The molecule has 112 valence electrons. The third-order valence-corrected chi connectivity index (χ3v) is 3.09. The van der Waals surface area contributed by atoms with Crippen molar-refractivity contribution in [1.82, 2.24) is 9.55 Å². The summed E-state index contributed by atoms with van der Waals surface area (Å²) in [5.74, 6) is 5.30. The van der Waals surface area contributed by atoms with E-state index in [4.69, 9.17) is 5.84 Å². The maximum absolute atomic E-state index is 11.1. The van der Waals surface area contributed by atoms with E-state index >= 15 is 0 Å². The highest BCUT2D eigenvalue weighted by Crippen LogP contribution is 2.31. The summed E-state index contributed by atoms with van der Waals surface area (Å²) in [5.41, 5.74) is 3.08. The zero-order chi connectivity index (χ0) is 15.1. The van der Waals surface area contributed by atoms with Crippen LogP contribution < -0.4 is 16.6 Å². The lowest BCUT2D eigenvalue weighted by atomic mass is 10.2. The molecule has 0 bridgehead atoms. The van der Waals surface area contributed by atoms with Gasteiger partial charge in [0.15, 0.2) is 0 Å². The molecule has 0 unspecified atom stereocenters. The summed E-state index contributed by atoms with van der Waals surface area (Å²) in [6.45, 7) is 1.54. The molecule has 0 fully saturated rings. The van der Waals surface area contributed by atoms with Gasteiger partial charge in [-0.25, -0.2) is 4.98 Å². The Bertz CT molecular complexity index is 584. The normalized spacial score (nSPS) is 10.3. The Kier molecular flexibility index (Phi) is 5.10. The lowest BCUT2D eigenvalue weighted by Crippen LogP contribution is -2.11. The fourth-order valence-electron chi connectivity index (χ4n) is 2.06. The van der Waals surface area contributed by atoms with Gasteiger partial charge in [0, 0.05) is 25.5 Å². The van der Waals surface area contributed by atoms with Crippen molar-refractivity contribution >= 4 is 17.1 Å². The third-order valence-electron chi connectivity index (χ3n) is 3.09. The lowest BCUT2D eigenvalue weighted by Gasteiger charge is -2.10. The van der Waals surface area contributed by atoms with E-state index in [1.54, 1.807) is 30.7 Å². The number of para-hydroxylation sites is 1. The SMILES string of the molecule is NNc1cccc(NCCCCn2ccnc2)c1[N+](=O)[O-]. The van der Waals surface area contributed by atoms with Crippen LogP contribution in [0.25, 0.3) is 0 Å². The summed E-state index contributed by atoms with van der Waals surface area (Å²) in [7, 11) is 0. The van der Waals surface area contributed by atoms with Gasteiger partial charge in [0.2, 0.25) is 0 Å². The van der Waals surface area contributed by atoms with Crippen LogP contribution in [0.5, 0.6) is 0 Å². The fourth-order valence-corrected chi connectivity index (χ4v) is 2.06. The van der Waals surface area contributed by atoms with Gasteiger partial charge in [0.25, 0.3) is 0 Å². The second-order valence-electron chi connectivity index (χ2n) is 4.54. The predicted octanol–water partition coefficient (Wildman–Crippen LogP) is 1.97. The average molecular weight is 290 g/mol. The van der Waals surface area contributed by atoms with Crippen molar-refractivity contribution in [3.63, 3.8) is 0 Å². The number of nitrogens with zero attached hydrogens (tertiary/aromatic N) is 3. The van der Waals surface area contributed by atoms with Crippen LogP contribution in [0.15, 0.2) is 36.9 Å². The Morgan fingerprint density at radius 3 is 2.81 bits per heavy atom. The number of nitrogen functional groups attached to an aromatic ring is 1. The number of nitrogens with two attached hydrogens (primary N) is 1. The second-order valence-corrected chi connectivity index (χ2v) is 4.54. The molecule has 1 aromatic carbocycles. The molecule has 0 spiro atoms. The molecule has 0 saturated carbocycles. The first-order valence-corrected chi connectivity index (χ1v) is 6.66. The first-order chi connectivity index (χ1) is 10.2. The Labute approximate surface area is 122 Å². The van der Waals surface area contributed by atoms with Crippen molar-refractivity contribution in [2.75, 3.05) is 17.3 Å². The molecule has 2 aromatic rings. The first-order valence-electron chi connectivity index (χ1n) is 6.66. The third kappa shape index (κ3) is 3.93. The summed E-state index contributed by atoms with van der Waals surface area (Å²) in [6, 6.07) is 4.97. The number of unbranched alkanes of at least 4 members (excludes halogenated alkanes) is 1. The number of hydrazine groups is 1. The van der Waals surface area contributed by atoms with Gasteiger partial charge in [0.05, 0.1) is 11.3 Å². The minimum absolute atomic E-state index is 0.0328. The van der Waals surface area contributed by atoms with Gasteiger partial charge in [-0.15, -0.1) is 0 Å². The summed E-state index contributed by atoms with van der Waals surface area (Å²) >= 11 is 0. The maximum atomic E-state index is 11.1. The van der Waals surface area contributed by atoms with E-state index in [0.29, 0.717) is 17.9 Å². The Morgan fingerprint density at radius 1 is 1.33 bits per heavy atom. The van der Waals surface area contributed by atoms with Gasteiger partial charge >= 0.3 is 5.69 Å². The number of nitro benzene ring substituents is 1. The van der Waals surface area contributed by atoms with Crippen molar-refractivity contribution in [3.05, 3.63) is 47.0 Å². The van der Waals surface area contributed by atoms with E-state index in [1.165, 1.54) is 0 Å². The number of hydrogen-bond donors (Lipinski definition) is 3. The van der Waals surface area contributed by atoms with E-state index in [-0.39, 0.29) is 5.69 Å². The van der Waals surface area contributed by atoms with Crippen molar-refractivity contribution < 1.29 is 4.92 Å². The van der Waals surface area contributed by atoms with Crippen LogP contribution in [0.1, 0.15) is 12.8 Å². The highest BCUT2D eigenvalue weighted by atomic mass is 16.6. The van der Waals surface area contributed by atoms with Crippen LogP contribution >= 0.6 is 0 Å². The zero-order valence-electron chi connectivity index (χ0n) is 11.5. The lowest BCUT2D eigenvalue weighted by molar-refractivity contribution is -0.383. The Hall–Kier alpha value is -2.61. The van der Waals surface area contributed by atoms with E-state index in [2.05, 4.69) is 15.7 Å². The Morgan fingerprint density at radius 2 is 2.14 bits per heavy atom. The molecular weight excluding hydrogens is 272 g/mol. The van der Waals surface area contributed by atoms with Gasteiger partial charge in [-0.1, -0.05) is 6.07 Å². The summed E-state index contributed by atoms with van der Waals surface area (Å²) < 4.78 is 2.00. The van der Waals surface area contributed by atoms with E-state index in [0.717, 1.165) is 19.4 Å². The average Bonchev–Trinajstić information content (AvgIpc) is 2.99. The molecule has 0 aliphatic carbocycles. The van der Waals surface area contributed by atoms with Crippen molar-refractivity contribution in [1.29, 1.82) is 0 Å². The highest BCUT2D eigenvalue weighted by Gasteiger charge is 2.18. The molecule has 21 heavy (non-hydrogen) atoms. The minimum Gasteiger partial charge on any atom is -0.379 e. The number of rotatable bonds is 8. The van der Waals surface area contributed by atoms with Gasteiger partial charge < -0.3 is 15.3 Å². The second kappa shape index (κ2) is 7.25. The van der Waals surface area contributed by atoms with Crippen molar-refractivity contribution in [2.24, 2.45) is 5.84 Å². The quantitative estimate of drug-likeness (QED) is 0.296. The molecule has 0 amide bonds. The maximum Gasteiger partial charge on any atom is 0.316 e. The number of aryl methyl sites for hydroxylation is 1. The molecule has 1 aromatic heterocycles. The van der Waals surface area contributed by atoms with Gasteiger partial charge in [-0.2, -0.15) is 0 Å². The molecular formula is C13H18N6O2. The molecule has 8 nitrogen and oxygen atoms in total. The molecule has 8 heteroatoms. The molecule has 0 aliphatic rings. The summed E-state index contributed by atoms with van der Waals surface area (Å²) in [6.07, 6.45) is 7.29. The molecule has 1 heterocycles. The van der Waals surface area contributed by atoms with Crippen LogP contribution in [-0.4, -0.2) is 21.0 Å². The topological polar surface area (TPSA) is 111 Å². The molecule has 4 N–H and O–H groups in total. The molecule has 0 radical (unpaired) electrons. The number of anilines is 2. The largest absolute Gasteiger partial charge is 0.379 e. The molecule has 2 rings (SSSR count). The molecule has 0 saturated heterocycles. The van der Waals surface area contributed by atoms with Crippen molar-refractivity contribution in [3.8, 4) is 0 Å². The van der Waals surface area contributed by atoms with Crippen molar-refractivity contribution in [2.45, 2.75) is 19.4 Å². The number of nitro groups is 1. The number of imidazole rings is 1. The smallest absolute Gasteiger partial charge is 0.316 e. The van der Waals surface area contributed by atoms with Gasteiger partial charge in [-0.3, -0.25) is 16.0 Å². The number of hydrogen-bond acceptors (Lipinski definition) is 6. The fraction of sp³-hybridized carbons (Fsp3) is 0.308. The molecule has 0 aliphatic heterocycles. The standard InChI is InChI=1S/C13H18N6O2/c14-17-12-5-3-4-11(13(12)19(20)21)16-6-1-2-8-18-9-7-15-10-18/h3-5,7,9-10,16-17H,1-2,6,8,14H2. The first kappa shape index (κ1) is 14.8. The Balaban J connectivity index is 1.86. The molecule has 0 atom stereocenters.